The fraction of sp³-hybridized carbons (Fsp3) is 0.250. The Morgan fingerprint density at radius 1 is 1.11 bits per heavy atom. The second-order valence-electron chi connectivity index (χ2n) is 4.42. The van der Waals surface area contributed by atoms with E-state index in [4.69, 9.17) is 22.1 Å². The molecule has 0 aliphatic heterocycles. The molecule has 0 spiro atoms. The van der Waals surface area contributed by atoms with Crippen LogP contribution in [0.15, 0.2) is 42.5 Å². The molecule has 0 aliphatic carbocycles. The molecule has 100 valence electrons. The quantitative estimate of drug-likeness (QED) is 0.869. The maximum absolute atomic E-state index is 6.10. The van der Waals surface area contributed by atoms with Gasteiger partial charge in [-0.05, 0) is 36.2 Å². The smallest absolute Gasteiger partial charge is 0.133 e. The molecule has 0 aliphatic rings. The number of rotatable bonds is 5. The average Bonchev–Trinajstić information content (AvgIpc) is 2.42. The summed E-state index contributed by atoms with van der Waals surface area (Å²) in [6.45, 7) is 2.53. The summed E-state index contributed by atoms with van der Waals surface area (Å²) in [6, 6.07) is 13.7. The van der Waals surface area contributed by atoms with E-state index in [-0.39, 0.29) is 0 Å². The van der Waals surface area contributed by atoms with Gasteiger partial charge in [-0.15, -0.1) is 0 Å². The van der Waals surface area contributed by atoms with Gasteiger partial charge in [-0.1, -0.05) is 43.1 Å². The number of hydrogen-bond acceptors (Lipinski definition) is 2. The fourth-order valence-corrected chi connectivity index (χ4v) is 2.22. The molecule has 3 heteroatoms. The predicted octanol–water partition coefficient (Wildman–Crippen LogP) is 4.54. The van der Waals surface area contributed by atoms with E-state index < -0.39 is 0 Å². The number of hydrogen-bond donors (Lipinski definition) is 1. The highest BCUT2D eigenvalue weighted by Gasteiger charge is 2.07. The molecular weight excluding hydrogens is 258 g/mol. The van der Waals surface area contributed by atoms with E-state index in [1.165, 1.54) is 5.56 Å². The van der Waals surface area contributed by atoms with Gasteiger partial charge in [0.05, 0.1) is 0 Å². The van der Waals surface area contributed by atoms with Crippen molar-refractivity contribution in [3.63, 3.8) is 0 Å². The van der Waals surface area contributed by atoms with Crippen LogP contribution in [-0.2, 0) is 13.0 Å². The Balaban J connectivity index is 2.19. The third-order valence-corrected chi connectivity index (χ3v) is 3.32. The maximum atomic E-state index is 6.10. The van der Waals surface area contributed by atoms with Gasteiger partial charge < -0.3 is 10.5 Å². The van der Waals surface area contributed by atoms with Crippen molar-refractivity contribution in [3.05, 3.63) is 58.6 Å². The van der Waals surface area contributed by atoms with Gasteiger partial charge >= 0.3 is 0 Å². The van der Waals surface area contributed by atoms with Crippen LogP contribution in [0, 0.1) is 0 Å². The van der Waals surface area contributed by atoms with Gasteiger partial charge in [0.1, 0.15) is 11.5 Å². The lowest BCUT2D eigenvalue weighted by Gasteiger charge is -2.11. The zero-order chi connectivity index (χ0) is 13.7. The minimum Gasteiger partial charge on any atom is -0.457 e. The molecule has 0 saturated heterocycles. The third-order valence-electron chi connectivity index (χ3n) is 2.97. The molecule has 0 saturated carbocycles. The highest BCUT2D eigenvalue weighted by atomic mass is 35.5. The lowest BCUT2D eigenvalue weighted by Crippen LogP contribution is -2.00. The summed E-state index contributed by atoms with van der Waals surface area (Å²) >= 11 is 6.10. The van der Waals surface area contributed by atoms with E-state index in [9.17, 15) is 0 Å². The lowest BCUT2D eigenvalue weighted by molar-refractivity contribution is 0.476. The molecule has 2 rings (SSSR count). The van der Waals surface area contributed by atoms with Crippen molar-refractivity contribution in [2.24, 2.45) is 5.73 Å². The van der Waals surface area contributed by atoms with E-state index in [0.717, 1.165) is 29.9 Å². The Bertz CT molecular complexity index is 537. The molecule has 0 unspecified atom stereocenters. The Morgan fingerprint density at radius 2 is 1.84 bits per heavy atom. The zero-order valence-corrected chi connectivity index (χ0v) is 11.8. The van der Waals surface area contributed by atoms with Gasteiger partial charge in [0.25, 0.3) is 0 Å². The van der Waals surface area contributed by atoms with Crippen molar-refractivity contribution in [2.75, 3.05) is 0 Å². The second kappa shape index (κ2) is 6.60. The summed E-state index contributed by atoms with van der Waals surface area (Å²) in [4.78, 5) is 0. The minimum absolute atomic E-state index is 0.364. The maximum Gasteiger partial charge on any atom is 0.133 e. The summed E-state index contributed by atoms with van der Waals surface area (Å²) in [5.74, 6) is 1.52. The number of nitrogens with two attached hydrogens (primary N) is 1. The van der Waals surface area contributed by atoms with Gasteiger partial charge in [-0.2, -0.15) is 0 Å². The SMILES string of the molecule is CCCc1ccc(Oc2cccc(Cl)c2CN)cc1. The Labute approximate surface area is 119 Å². The van der Waals surface area contributed by atoms with Crippen LogP contribution < -0.4 is 10.5 Å². The van der Waals surface area contributed by atoms with Gasteiger partial charge in [-0.3, -0.25) is 0 Å². The molecule has 2 N–H and O–H groups in total. The van der Waals surface area contributed by atoms with Crippen molar-refractivity contribution >= 4 is 11.6 Å². The minimum atomic E-state index is 0.364. The van der Waals surface area contributed by atoms with Gasteiger partial charge in [0.2, 0.25) is 0 Å². The predicted molar refractivity (Wildman–Crippen MR) is 79.9 cm³/mol. The van der Waals surface area contributed by atoms with Crippen LogP contribution in [-0.4, -0.2) is 0 Å². The first-order chi connectivity index (χ1) is 9.24. The zero-order valence-electron chi connectivity index (χ0n) is 11.0. The third kappa shape index (κ3) is 3.49. The first-order valence-electron chi connectivity index (χ1n) is 6.49. The van der Waals surface area contributed by atoms with Crippen LogP contribution in [0.1, 0.15) is 24.5 Å². The van der Waals surface area contributed by atoms with Crippen molar-refractivity contribution in [1.82, 2.24) is 0 Å². The normalized spacial score (nSPS) is 10.5. The summed E-state index contributed by atoms with van der Waals surface area (Å²) in [5.41, 5.74) is 7.86. The number of halogens is 1. The van der Waals surface area contributed by atoms with Gasteiger partial charge in [-0.25, -0.2) is 0 Å². The van der Waals surface area contributed by atoms with Crippen LogP contribution >= 0.6 is 11.6 Å². The first kappa shape index (κ1) is 13.9. The molecule has 0 aromatic heterocycles. The van der Waals surface area contributed by atoms with Crippen molar-refractivity contribution in [1.29, 1.82) is 0 Å². The Morgan fingerprint density at radius 3 is 2.47 bits per heavy atom. The van der Waals surface area contributed by atoms with Gasteiger partial charge in [0.15, 0.2) is 0 Å². The van der Waals surface area contributed by atoms with E-state index in [1.54, 1.807) is 0 Å². The molecule has 0 heterocycles. The number of benzene rings is 2. The standard InChI is InChI=1S/C16H18ClNO/c1-2-4-12-7-9-13(10-8-12)19-16-6-3-5-15(17)14(16)11-18/h3,5-10H,2,4,11,18H2,1H3. The molecule has 0 atom stereocenters. The van der Waals surface area contributed by atoms with Gasteiger partial charge in [0, 0.05) is 17.1 Å². The summed E-state index contributed by atoms with van der Waals surface area (Å²) in [5, 5.41) is 0.641. The van der Waals surface area contributed by atoms with Crippen molar-refractivity contribution in [3.8, 4) is 11.5 Å². The van der Waals surface area contributed by atoms with E-state index in [0.29, 0.717) is 11.6 Å². The molecule has 2 nitrogen and oxygen atoms in total. The van der Waals surface area contributed by atoms with E-state index >= 15 is 0 Å². The molecular formula is C16H18ClNO. The van der Waals surface area contributed by atoms with Crippen LogP contribution in [0.4, 0.5) is 0 Å². The van der Waals surface area contributed by atoms with Crippen LogP contribution in [0.3, 0.4) is 0 Å². The molecule has 0 radical (unpaired) electrons. The summed E-state index contributed by atoms with van der Waals surface area (Å²) < 4.78 is 5.85. The molecule has 2 aromatic rings. The van der Waals surface area contributed by atoms with Crippen LogP contribution in [0.25, 0.3) is 0 Å². The molecule has 0 amide bonds. The Kier molecular flexibility index (Phi) is 4.83. The largest absolute Gasteiger partial charge is 0.457 e. The highest BCUT2D eigenvalue weighted by molar-refractivity contribution is 6.31. The number of aryl methyl sites for hydroxylation is 1. The first-order valence-corrected chi connectivity index (χ1v) is 6.86. The van der Waals surface area contributed by atoms with Crippen LogP contribution in [0.5, 0.6) is 11.5 Å². The molecule has 2 aromatic carbocycles. The fourth-order valence-electron chi connectivity index (χ4n) is 1.97. The average molecular weight is 276 g/mol. The number of ether oxygens (including phenoxy) is 1. The lowest BCUT2D eigenvalue weighted by atomic mass is 10.1. The summed E-state index contributed by atoms with van der Waals surface area (Å²) in [7, 11) is 0. The van der Waals surface area contributed by atoms with E-state index in [1.807, 2.05) is 30.3 Å². The monoisotopic (exact) mass is 275 g/mol. The highest BCUT2D eigenvalue weighted by Crippen LogP contribution is 2.30. The Hall–Kier alpha value is -1.51. The summed E-state index contributed by atoms with van der Waals surface area (Å²) in [6.07, 6.45) is 2.23. The van der Waals surface area contributed by atoms with Crippen molar-refractivity contribution in [2.45, 2.75) is 26.3 Å². The molecule has 0 bridgehead atoms. The molecule has 19 heavy (non-hydrogen) atoms. The van der Waals surface area contributed by atoms with Crippen LogP contribution in [0.2, 0.25) is 5.02 Å². The molecule has 0 fully saturated rings. The van der Waals surface area contributed by atoms with E-state index in [2.05, 4.69) is 19.1 Å². The second-order valence-corrected chi connectivity index (χ2v) is 4.82. The van der Waals surface area contributed by atoms with Crippen molar-refractivity contribution < 1.29 is 4.74 Å². The topological polar surface area (TPSA) is 35.2 Å².